The number of nitrogens with one attached hydrogen (secondary N) is 5. The Morgan fingerprint density at radius 2 is 1.46 bits per heavy atom. The number of alkyl carbamates (subject to hydrolysis) is 1. The fourth-order valence-electron chi connectivity index (χ4n) is 4.46. The summed E-state index contributed by atoms with van der Waals surface area (Å²) in [5.41, 5.74) is -0.643. The third kappa shape index (κ3) is 19.6. The molecule has 0 bridgehead atoms. The van der Waals surface area contributed by atoms with E-state index in [9.17, 15) is 33.6 Å². The van der Waals surface area contributed by atoms with E-state index in [1.807, 2.05) is 0 Å². The van der Waals surface area contributed by atoms with Gasteiger partial charge in [-0.15, -0.1) is 11.8 Å². The maximum absolute atomic E-state index is 13.1. The number of ether oxygens (including phenoxy) is 3. The topological polar surface area (TPSA) is 251 Å². The molecule has 0 aromatic carbocycles. The molecule has 0 radical (unpaired) electrons. The molecule has 0 aliphatic carbocycles. The first-order valence-corrected chi connectivity index (χ1v) is 17.6. The molecule has 0 aromatic heterocycles. The van der Waals surface area contributed by atoms with Gasteiger partial charge in [-0.1, -0.05) is 0 Å². The fraction of sp³-hybridized carbons (Fsp3) is 0.774. The largest absolute Gasteiger partial charge is 0.444 e. The summed E-state index contributed by atoms with van der Waals surface area (Å²) in [6.07, 6.45) is 0.237. The molecule has 0 spiro atoms. The molecule has 1 heterocycles. The van der Waals surface area contributed by atoms with Crippen LogP contribution in [0.2, 0.25) is 0 Å². The number of likely N-dealkylation sites (tertiary alicyclic amines) is 1. The van der Waals surface area contributed by atoms with Gasteiger partial charge >= 0.3 is 6.09 Å². The molecule has 0 aromatic rings. The monoisotopic (exact) mass is 734 g/mol. The molecular formula is C31H54N6O12S. The summed E-state index contributed by atoms with van der Waals surface area (Å²) >= 11 is 1.04. The van der Waals surface area contributed by atoms with Crippen molar-refractivity contribution in [3.05, 3.63) is 0 Å². The van der Waals surface area contributed by atoms with Crippen molar-refractivity contribution in [1.82, 2.24) is 31.5 Å². The van der Waals surface area contributed by atoms with Crippen LogP contribution in [0.5, 0.6) is 0 Å². The Balaban J connectivity index is 2.68. The van der Waals surface area contributed by atoms with Gasteiger partial charge < -0.3 is 51.0 Å². The first-order valence-electron chi connectivity index (χ1n) is 16.6. The van der Waals surface area contributed by atoms with Crippen LogP contribution in [0.25, 0.3) is 0 Å². The third-order valence-electron chi connectivity index (χ3n) is 6.73. The number of hydrogen-bond acceptors (Lipinski definition) is 13. The zero-order chi connectivity index (χ0) is 37.5. The summed E-state index contributed by atoms with van der Waals surface area (Å²) in [5, 5.41) is 29.9. The van der Waals surface area contributed by atoms with E-state index in [1.54, 1.807) is 20.8 Å². The minimum atomic E-state index is -0.976. The van der Waals surface area contributed by atoms with Crippen LogP contribution in [-0.2, 0) is 43.0 Å². The molecule has 1 fully saturated rings. The molecule has 50 heavy (non-hydrogen) atoms. The van der Waals surface area contributed by atoms with E-state index in [0.717, 1.165) is 16.7 Å². The third-order valence-corrected chi connectivity index (χ3v) is 8.02. The van der Waals surface area contributed by atoms with Crippen LogP contribution in [0.4, 0.5) is 4.79 Å². The van der Waals surface area contributed by atoms with Gasteiger partial charge in [0, 0.05) is 51.7 Å². The first-order chi connectivity index (χ1) is 23.7. The second-order valence-corrected chi connectivity index (χ2v) is 13.4. The maximum Gasteiger partial charge on any atom is 0.407 e. The Hall–Kier alpha value is -3.52. The van der Waals surface area contributed by atoms with Gasteiger partial charge in [0.2, 0.25) is 35.4 Å². The predicted octanol–water partition coefficient (Wildman–Crippen LogP) is -1.83. The molecule has 1 saturated heterocycles. The summed E-state index contributed by atoms with van der Waals surface area (Å²) in [6.45, 7) is 7.07. The van der Waals surface area contributed by atoms with E-state index in [0.29, 0.717) is 19.4 Å². The Kier molecular flexibility index (Phi) is 21.9. The second-order valence-electron chi connectivity index (χ2n) is 12.2. The van der Waals surface area contributed by atoms with Gasteiger partial charge in [-0.25, -0.2) is 4.79 Å². The SMILES string of the molecule is CC(=O)NC(CSC1CC(=O)N(CCC(=O)NC(CCCCNC(=O)OC(C)(C)C)C(=O)NCCOCCO)C1=O)C(=O)NCCOCCO. The summed E-state index contributed by atoms with van der Waals surface area (Å²) in [4.78, 5) is 88.6. The zero-order valence-electron chi connectivity index (χ0n) is 29.4. The number of rotatable bonds is 25. The van der Waals surface area contributed by atoms with Crippen molar-refractivity contribution in [3.8, 4) is 0 Å². The van der Waals surface area contributed by atoms with Gasteiger partial charge in [0.1, 0.15) is 17.7 Å². The Labute approximate surface area is 296 Å². The minimum absolute atomic E-state index is 0.00997. The average Bonchev–Trinajstić information content (AvgIpc) is 3.30. The van der Waals surface area contributed by atoms with Crippen LogP contribution in [0.1, 0.15) is 59.8 Å². The van der Waals surface area contributed by atoms with E-state index in [4.69, 9.17) is 24.4 Å². The smallest absolute Gasteiger partial charge is 0.407 e. The quantitative estimate of drug-likeness (QED) is 0.0403. The van der Waals surface area contributed by atoms with Gasteiger partial charge in [-0.2, -0.15) is 0 Å². The number of aliphatic hydroxyl groups excluding tert-OH is 2. The highest BCUT2D eigenvalue weighted by Crippen LogP contribution is 2.26. The Morgan fingerprint density at radius 1 is 0.860 bits per heavy atom. The van der Waals surface area contributed by atoms with E-state index >= 15 is 0 Å². The van der Waals surface area contributed by atoms with Gasteiger partial charge in [0.25, 0.3) is 0 Å². The normalized spacial score (nSPS) is 15.6. The molecule has 1 aliphatic heterocycles. The van der Waals surface area contributed by atoms with Crippen molar-refractivity contribution in [3.63, 3.8) is 0 Å². The summed E-state index contributed by atoms with van der Waals surface area (Å²) in [7, 11) is 0. The number of aliphatic hydroxyl groups is 2. The Bertz CT molecular complexity index is 1120. The maximum atomic E-state index is 13.1. The summed E-state index contributed by atoms with van der Waals surface area (Å²) < 4.78 is 15.4. The van der Waals surface area contributed by atoms with Crippen molar-refractivity contribution in [2.24, 2.45) is 0 Å². The average molecular weight is 735 g/mol. The number of thioether (sulfide) groups is 1. The molecule has 0 saturated carbocycles. The number of nitrogens with zero attached hydrogens (tertiary/aromatic N) is 1. The number of carbonyl (C=O) groups is 7. The van der Waals surface area contributed by atoms with Gasteiger partial charge in [0.05, 0.1) is 44.9 Å². The molecule has 3 atom stereocenters. The molecule has 1 rings (SSSR count). The van der Waals surface area contributed by atoms with Crippen LogP contribution in [0.3, 0.4) is 0 Å². The predicted molar refractivity (Wildman–Crippen MR) is 182 cm³/mol. The highest BCUT2D eigenvalue weighted by molar-refractivity contribution is 8.00. The van der Waals surface area contributed by atoms with Crippen molar-refractivity contribution < 1.29 is 58.0 Å². The lowest BCUT2D eigenvalue weighted by atomic mass is 10.1. The number of imide groups is 1. The van der Waals surface area contributed by atoms with E-state index in [1.165, 1.54) is 6.92 Å². The molecule has 3 unspecified atom stereocenters. The number of amides is 7. The van der Waals surface area contributed by atoms with Gasteiger partial charge in [0.15, 0.2) is 0 Å². The zero-order valence-corrected chi connectivity index (χ0v) is 30.2. The van der Waals surface area contributed by atoms with Crippen molar-refractivity contribution in [1.29, 1.82) is 0 Å². The molecule has 7 N–H and O–H groups in total. The summed E-state index contributed by atoms with van der Waals surface area (Å²) in [6, 6.07) is -1.91. The van der Waals surface area contributed by atoms with Crippen LogP contribution in [0.15, 0.2) is 0 Å². The van der Waals surface area contributed by atoms with Crippen molar-refractivity contribution >= 4 is 53.3 Å². The molecular weight excluding hydrogens is 680 g/mol. The van der Waals surface area contributed by atoms with Gasteiger partial charge in [-0.3, -0.25) is 33.7 Å². The summed E-state index contributed by atoms with van der Waals surface area (Å²) in [5.74, 6) is -2.99. The van der Waals surface area contributed by atoms with Crippen LogP contribution >= 0.6 is 11.8 Å². The second kappa shape index (κ2) is 24.6. The first kappa shape index (κ1) is 44.5. The van der Waals surface area contributed by atoms with Gasteiger partial charge in [-0.05, 0) is 40.0 Å². The van der Waals surface area contributed by atoms with E-state index < -0.39 is 64.5 Å². The van der Waals surface area contributed by atoms with E-state index in [2.05, 4.69) is 26.6 Å². The lowest BCUT2D eigenvalue weighted by molar-refractivity contribution is -0.139. The molecule has 1 aliphatic rings. The lowest BCUT2D eigenvalue weighted by Gasteiger charge is -2.21. The number of carbonyl (C=O) groups excluding carboxylic acids is 7. The highest BCUT2D eigenvalue weighted by atomic mass is 32.2. The molecule has 7 amide bonds. The van der Waals surface area contributed by atoms with Crippen molar-refractivity contribution in [2.75, 3.05) is 71.6 Å². The standard InChI is InChI=1S/C31H54N6O12S/c1-21(40)35-23(28(44)33-11-16-48-18-14-39)20-50-24-19-26(42)37(29(24)45)12-8-25(41)36-22(27(43)32-10-15-47-17-13-38)7-5-6-9-34-30(46)49-31(2,3)4/h22-24,38-39H,5-20H2,1-4H3,(H,32,43)(H,33,44)(H,34,46)(H,35,40)(H,36,41). The number of unbranched alkanes of at least 4 members (excludes halogenated alkanes) is 1. The van der Waals surface area contributed by atoms with Crippen LogP contribution < -0.4 is 26.6 Å². The van der Waals surface area contributed by atoms with Crippen LogP contribution in [0, 0.1) is 0 Å². The molecule has 19 heteroatoms. The van der Waals surface area contributed by atoms with E-state index in [-0.39, 0.29) is 84.3 Å². The minimum Gasteiger partial charge on any atom is -0.444 e. The lowest BCUT2D eigenvalue weighted by Crippen LogP contribution is -2.48. The molecule has 18 nitrogen and oxygen atoms in total. The Morgan fingerprint density at radius 3 is 2.02 bits per heavy atom. The van der Waals surface area contributed by atoms with Crippen LogP contribution in [-0.4, -0.2) is 151 Å². The fourth-order valence-corrected chi connectivity index (χ4v) is 5.65. The molecule has 286 valence electrons. The number of hydrogen-bond donors (Lipinski definition) is 7. The van der Waals surface area contributed by atoms with Crippen molar-refractivity contribution in [2.45, 2.75) is 82.7 Å². The highest BCUT2D eigenvalue weighted by Gasteiger charge is 2.39.